The molecule has 1 aliphatic heterocycles. The summed E-state index contributed by atoms with van der Waals surface area (Å²) in [4.78, 5) is 20.1. The lowest BCUT2D eigenvalue weighted by molar-refractivity contribution is 0.255. The summed E-state index contributed by atoms with van der Waals surface area (Å²) >= 11 is 0. The summed E-state index contributed by atoms with van der Waals surface area (Å²) in [6.45, 7) is 6.41. The molecule has 0 amide bonds. The number of nitriles is 1. The number of hydrogen-bond acceptors (Lipinski definition) is 5. The molecule has 1 fully saturated rings. The Kier molecular flexibility index (Phi) is 6.57. The van der Waals surface area contributed by atoms with Crippen LogP contribution < -0.4 is 10.9 Å². The van der Waals surface area contributed by atoms with Crippen LogP contribution in [0.25, 0.3) is 11.0 Å². The van der Waals surface area contributed by atoms with Crippen molar-refractivity contribution in [3.63, 3.8) is 0 Å². The topological polar surface area (TPSA) is 74.0 Å². The number of hydrogen-bond donors (Lipinski definition) is 1. The maximum absolute atomic E-state index is 12.9. The van der Waals surface area contributed by atoms with Crippen LogP contribution in [0.15, 0.2) is 47.3 Å². The van der Waals surface area contributed by atoms with Crippen LogP contribution in [0.1, 0.15) is 62.6 Å². The van der Waals surface area contributed by atoms with Crippen molar-refractivity contribution in [2.75, 3.05) is 25.5 Å². The normalized spacial score (nSPS) is 15.2. The lowest BCUT2D eigenvalue weighted by atomic mass is 9.89. The maximum atomic E-state index is 12.9. The number of likely N-dealkylation sites (tertiary alicyclic amines) is 1. The van der Waals surface area contributed by atoms with E-state index in [0.717, 1.165) is 37.0 Å². The maximum Gasteiger partial charge on any atom is 0.270 e. The van der Waals surface area contributed by atoms with Gasteiger partial charge in [0.15, 0.2) is 0 Å². The quantitative estimate of drug-likeness (QED) is 0.584. The number of pyridine rings is 2. The van der Waals surface area contributed by atoms with Crippen molar-refractivity contribution in [2.24, 2.45) is 0 Å². The number of fused-ring (bicyclic) bond motifs is 1. The van der Waals surface area contributed by atoms with Gasteiger partial charge >= 0.3 is 0 Å². The van der Waals surface area contributed by atoms with Gasteiger partial charge < -0.3 is 10.2 Å². The van der Waals surface area contributed by atoms with Gasteiger partial charge in [-0.15, -0.1) is 0 Å². The van der Waals surface area contributed by atoms with Gasteiger partial charge in [-0.3, -0.25) is 9.36 Å². The zero-order valence-corrected chi connectivity index (χ0v) is 19.1. The van der Waals surface area contributed by atoms with Crippen LogP contribution in [0.3, 0.4) is 0 Å². The Morgan fingerprint density at radius 2 is 1.81 bits per heavy atom. The Bertz CT molecular complexity index is 1180. The van der Waals surface area contributed by atoms with Gasteiger partial charge in [0.05, 0.1) is 0 Å². The largest absolute Gasteiger partial charge is 0.340 e. The lowest BCUT2D eigenvalue weighted by Gasteiger charge is -2.29. The molecule has 0 saturated carbocycles. The molecule has 0 radical (unpaired) electrons. The number of nitrogens with zero attached hydrogens (tertiary/aromatic N) is 4. The van der Waals surface area contributed by atoms with Crippen molar-refractivity contribution in [2.45, 2.75) is 51.5 Å². The number of benzene rings is 1. The Morgan fingerprint density at radius 3 is 2.44 bits per heavy atom. The van der Waals surface area contributed by atoms with Crippen molar-refractivity contribution >= 4 is 22.5 Å². The number of piperidine rings is 1. The first-order chi connectivity index (χ1) is 15.5. The molecule has 1 aliphatic rings. The molecule has 0 aliphatic carbocycles. The molecule has 6 heteroatoms. The second-order valence-corrected chi connectivity index (χ2v) is 8.75. The van der Waals surface area contributed by atoms with E-state index >= 15 is 0 Å². The molecule has 0 unspecified atom stereocenters. The minimum Gasteiger partial charge on any atom is -0.340 e. The summed E-state index contributed by atoms with van der Waals surface area (Å²) in [7, 11) is 2.18. The first kappa shape index (κ1) is 22.0. The van der Waals surface area contributed by atoms with Crippen LogP contribution in [-0.4, -0.2) is 34.6 Å². The van der Waals surface area contributed by atoms with Crippen molar-refractivity contribution in [3.8, 4) is 6.07 Å². The molecule has 3 aromatic rings. The highest BCUT2D eigenvalue weighted by atomic mass is 16.1. The fourth-order valence-corrected chi connectivity index (χ4v) is 4.68. The van der Waals surface area contributed by atoms with E-state index in [1.165, 1.54) is 18.4 Å². The summed E-state index contributed by atoms with van der Waals surface area (Å²) in [5.74, 6) is 1.32. The van der Waals surface area contributed by atoms with Gasteiger partial charge in [0.25, 0.3) is 5.56 Å². The molecule has 0 atom stereocenters. The standard InChI is InChI=1S/C26H31N5O/c1-4-23(5-2)31-25-20(16-21(17-27)26(31)32)8-11-24(29-25)28-22-9-6-18(7-10-22)19-12-14-30(3)15-13-19/h6-11,16,19,23H,4-5,12-15H2,1-3H3,(H,28,29). The van der Waals surface area contributed by atoms with E-state index in [4.69, 9.17) is 4.98 Å². The van der Waals surface area contributed by atoms with Crippen LogP contribution in [-0.2, 0) is 0 Å². The molecule has 6 nitrogen and oxygen atoms in total. The predicted molar refractivity (Wildman–Crippen MR) is 130 cm³/mol. The van der Waals surface area contributed by atoms with Crippen molar-refractivity contribution in [1.29, 1.82) is 5.26 Å². The van der Waals surface area contributed by atoms with Crippen LogP contribution in [0, 0.1) is 11.3 Å². The first-order valence-corrected chi connectivity index (χ1v) is 11.6. The van der Waals surface area contributed by atoms with E-state index in [2.05, 4.69) is 55.4 Å². The Balaban J connectivity index is 1.63. The van der Waals surface area contributed by atoms with E-state index in [1.54, 1.807) is 10.6 Å². The second kappa shape index (κ2) is 9.54. The lowest BCUT2D eigenvalue weighted by Crippen LogP contribution is -2.29. The zero-order valence-electron chi connectivity index (χ0n) is 19.1. The molecule has 1 aromatic carbocycles. The van der Waals surface area contributed by atoms with Crippen molar-refractivity contribution < 1.29 is 0 Å². The molecule has 1 N–H and O–H groups in total. The molecule has 0 spiro atoms. The average molecular weight is 430 g/mol. The highest BCUT2D eigenvalue weighted by Gasteiger charge is 2.19. The zero-order chi connectivity index (χ0) is 22.7. The second-order valence-electron chi connectivity index (χ2n) is 8.75. The summed E-state index contributed by atoms with van der Waals surface area (Å²) in [5.41, 5.74) is 2.88. The van der Waals surface area contributed by atoms with Crippen molar-refractivity contribution in [3.05, 3.63) is 63.9 Å². The molecular formula is C26H31N5O. The van der Waals surface area contributed by atoms with E-state index < -0.39 is 0 Å². The number of aromatic nitrogens is 2. The van der Waals surface area contributed by atoms with Crippen LogP contribution in [0.5, 0.6) is 0 Å². The molecule has 0 bridgehead atoms. The van der Waals surface area contributed by atoms with E-state index in [-0.39, 0.29) is 17.2 Å². The first-order valence-electron chi connectivity index (χ1n) is 11.6. The number of rotatable bonds is 6. The van der Waals surface area contributed by atoms with Gasteiger partial charge in [0, 0.05) is 17.1 Å². The summed E-state index contributed by atoms with van der Waals surface area (Å²) in [6.07, 6.45) is 4.01. The molecular weight excluding hydrogens is 398 g/mol. The highest BCUT2D eigenvalue weighted by molar-refractivity contribution is 5.79. The average Bonchev–Trinajstić information content (AvgIpc) is 2.82. The summed E-state index contributed by atoms with van der Waals surface area (Å²) in [5, 5.41) is 13.6. The Morgan fingerprint density at radius 1 is 1.12 bits per heavy atom. The number of anilines is 2. The Labute approximate surface area is 189 Å². The third-order valence-corrected chi connectivity index (χ3v) is 6.68. The van der Waals surface area contributed by atoms with E-state index in [9.17, 15) is 10.1 Å². The monoisotopic (exact) mass is 429 g/mol. The smallest absolute Gasteiger partial charge is 0.270 e. The third-order valence-electron chi connectivity index (χ3n) is 6.68. The summed E-state index contributed by atoms with van der Waals surface area (Å²) < 4.78 is 1.70. The fraction of sp³-hybridized carbons (Fsp3) is 0.423. The SMILES string of the molecule is CCC(CC)n1c(=O)c(C#N)cc2ccc(Nc3ccc(C4CCN(C)CC4)cc3)nc21. The van der Waals surface area contributed by atoms with E-state index in [0.29, 0.717) is 17.4 Å². The number of nitrogens with one attached hydrogen (secondary N) is 1. The molecule has 166 valence electrons. The van der Waals surface area contributed by atoms with Gasteiger partial charge in [-0.1, -0.05) is 26.0 Å². The fourth-order valence-electron chi connectivity index (χ4n) is 4.68. The van der Waals surface area contributed by atoms with Gasteiger partial charge in [-0.05, 0) is 87.6 Å². The van der Waals surface area contributed by atoms with E-state index in [1.807, 2.05) is 18.2 Å². The molecule has 1 saturated heterocycles. The predicted octanol–water partition coefficient (Wildman–Crippen LogP) is 5.18. The van der Waals surface area contributed by atoms with Crippen LogP contribution in [0.2, 0.25) is 0 Å². The van der Waals surface area contributed by atoms with Gasteiger partial charge in [0.2, 0.25) is 0 Å². The molecule has 4 rings (SSSR count). The van der Waals surface area contributed by atoms with Gasteiger partial charge in [-0.25, -0.2) is 4.98 Å². The molecule has 3 heterocycles. The van der Waals surface area contributed by atoms with Gasteiger partial charge in [-0.2, -0.15) is 5.26 Å². The minimum atomic E-state index is -0.263. The summed E-state index contributed by atoms with van der Waals surface area (Å²) in [6, 6.07) is 16.1. The molecule has 2 aromatic heterocycles. The van der Waals surface area contributed by atoms with Crippen LogP contribution >= 0.6 is 0 Å². The minimum absolute atomic E-state index is 0.00914. The Hall–Kier alpha value is -3.17. The third kappa shape index (κ3) is 4.39. The highest BCUT2D eigenvalue weighted by Crippen LogP contribution is 2.29. The van der Waals surface area contributed by atoms with Crippen LogP contribution in [0.4, 0.5) is 11.5 Å². The molecule has 32 heavy (non-hydrogen) atoms. The van der Waals surface area contributed by atoms with Gasteiger partial charge in [0.1, 0.15) is 23.1 Å². The van der Waals surface area contributed by atoms with Crippen molar-refractivity contribution in [1.82, 2.24) is 14.5 Å².